The molecule has 4 heteroatoms. The number of carboxylic acids is 1. The Morgan fingerprint density at radius 1 is 1.15 bits per heavy atom. The van der Waals surface area contributed by atoms with Crippen LogP contribution in [-0.4, -0.2) is 35.0 Å². The van der Waals surface area contributed by atoms with Gasteiger partial charge in [0, 0.05) is 19.0 Å². The Kier molecular flexibility index (Phi) is 3.24. The number of benzene rings is 1. The van der Waals surface area contributed by atoms with Crippen molar-refractivity contribution in [3.8, 4) is 0 Å². The first kappa shape index (κ1) is 13.2. The average Bonchev–Trinajstić information content (AvgIpc) is 3.14. The molecule has 0 spiro atoms. The lowest BCUT2D eigenvalue weighted by molar-refractivity contribution is -0.142. The molecule has 0 aromatic heterocycles. The minimum atomic E-state index is -0.789. The lowest BCUT2D eigenvalue weighted by Crippen LogP contribution is -2.31. The molecular weight excluding hydrogens is 254 g/mol. The number of hydrogen-bond acceptors (Lipinski definition) is 2. The second kappa shape index (κ2) is 4.93. The molecule has 1 amide bonds. The summed E-state index contributed by atoms with van der Waals surface area (Å²) in [4.78, 5) is 25.3. The number of carbonyl (C=O) groups excluding carboxylic acids is 1. The average molecular weight is 273 g/mol. The van der Waals surface area contributed by atoms with E-state index in [1.165, 1.54) is 5.56 Å². The van der Waals surface area contributed by atoms with Crippen LogP contribution in [0.3, 0.4) is 0 Å². The number of amides is 1. The zero-order valence-corrected chi connectivity index (χ0v) is 11.5. The Morgan fingerprint density at radius 3 is 2.45 bits per heavy atom. The maximum Gasteiger partial charge on any atom is 0.308 e. The fourth-order valence-corrected chi connectivity index (χ4v) is 3.24. The highest BCUT2D eigenvalue weighted by molar-refractivity contribution is 5.84. The molecule has 1 aliphatic carbocycles. The summed E-state index contributed by atoms with van der Waals surface area (Å²) in [7, 11) is 0. The van der Waals surface area contributed by atoms with E-state index >= 15 is 0 Å². The van der Waals surface area contributed by atoms with Crippen LogP contribution in [0.4, 0.5) is 0 Å². The van der Waals surface area contributed by atoms with Crippen molar-refractivity contribution in [3.63, 3.8) is 0 Å². The van der Waals surface area contributed by atoms with E-state index in [1.54, 1.807) is 4.90 Å². The van der Waals surface area contributed by atoms with Gasteiger partial charge in [0.1, 0.15) is 0 Å². The molecule has 4 nitrogen and oxygen atoms in total. The van der Waals surface area contributed by atoms with Crippen molar-refractivity contribution < 1.29 is 14.7 Å². The van der Waals surface area contributed by atoms with Crippen molar-refractivity contribution in [3.05, 3.63) is 35.9 Å². The van der Waals surface area contributed by atoms with Crippen LogP contribution in [0.2, 0.25) is 0 Å². The third-order valence-electron chi connectivity index (χ3n) is 4.58. The van der Waals surface area contributed by atoms with Gasteiger partial charge in [-0.05, 0) is 23.8 Å². The number of carbonyl (C=O) groups is 2. The summed E-state index contributed by atoms with van der Waals surface area (Å²) in [5.74, 6) is -0.643. The fraction of sp³-hybridized carbons (Fsp3) is 0.500. The van der Waals surface area contributed by atoms with Crippen molar-refractivity contribution in [2.24, 2.45) is 17.8 Å². The van der Waals surface area contributed by atoms with Gasteiger partial charge < -0.3 is 10.0 Å². The first-order valence-corrected chi connectivity index (χ1v) is 7.14. The molecule has 20 heavy (non-hydrogen) atoms. The van der Waals surface area contributed by atoms with Gasteiger partial charge in [0.25, 0.3) is 0 Å². The topological polar surface area (TPSA) is 57.6 Å². The zero-order chi connectivity index (χ0) is 14.3. The van der Waals surface area contributed by atoms with Gasteiger partial charge >= 0.3 is 5.97 Å². The summed E-state index contributed by atoms with van der Waals surface area (Å²) in [6.07, 6.45) is 0.894. The first-order valence-electron chi connectivity index (χ1n) is 7.14. The van der Waals surface area contributed by atoms with Crippen LogP contribution in [0, 0.1) is 17.8 Å². The molecule has 1 heterocycles. The summed E-state index contributed by atoms with van der Waals surface area (Å²) in [6.45, 7) is 2.86. The number of aliphatic carboxylic acids is 1. The molecule has 1 N–H and O–H groups in total. The molecule has 1 aromatic carbocycles. The van der Waals surface area contributed by atoms with Gasteiger partial charge in [-0.15, -0.1) is 0 Å². The molecule has 2 fully saturated rings. The molecular formula is C16H19NO3. The van der Waals surface area contributed by atoms with E-state index in [9.17, 15) is 9.59 Å². The third-order valence-corrected chi connectivity index (χ3v) is 4.58. The zero-order valence-electron chi connectivity index (χ0n) is 11.5. The van der Waals surface area contributed by atoms with Gasteiger partial charge in [0.15, 0.2) is 0 Å². The van der Waals surface area contributed by atoms with Gasteiger partial charge in [0.05, 0.1) is 5.92 Å². The number of hydrogen-bond donors (Lipinski definition) is 1. The maximum absolute atomic E-state index is 12.4. The van der Waals surface area contributed by atoms with Crippen LogP contribution in [0.1, 0.15) is 24.8 Å². The van der Waals surface area contributed by atoms with Crippen LogP contribution < -0.4 is 0 Å². The smallest absolute Gasteiger partial charge is 0.308 e. The molecule has 1 saturated carbocycles. The quantitative estimate of drug-likeness (QED) is 0.916. The van der Waals surface area contributed by atoms with E-state index in [-0.39, 0.29) is 17.7 Å². The van der Waals surface area contributed by atoms with Gasteiger partial charge in [-0.2, -0.15) is 0 Å². The van der Waals surface area contributed by atoms with E-state index in [4.69, 9.17) is 5.11 Å². The summed E-state index contributed by atoms with van der Waals surface area (Å²) in [6, 6.07) is 10.1. The van der Waals surface area contributed by atoms with Crippen molar-refractivity contribution >= 4 is 11.9 Å². The molecule has 1 saturated heterocycles. The SMILES string of the molecule is C[C@@H]1CN(C(=O)C2CC2c2ccccc2)C[C@H]1C(=O)O. The molecule has 1 aliphatic heterocycles. The van der Waals surface area contributed by atoms with Gasteiger partial charge in [0.2, 0.25) is 5.91 Å². The fourth-order valence-electron chi connectivity index (χ4n) is 3.24. The van der Waals surface area contributed by atoms with E-state index in [0.717, 1.165) is 6.42 Å². The Morgan fingerprint density at radius 2 is 1.85 bits per heavy atom. The Labute approximate surface area is 118 Å². The predicted molar refractivity (Wildman–Crippen MR) is 74.2 cm³/mol. The van der Waals surface area contributed by atoms with Gasteiger partial charge in [-0.3, -0.25) is 9.59 Å². The van der Waals surface area contributed by atoms with E-state index in [1.807, 2.05) is 25.1 Å². The molecule has 2 unspecified atom stereocenters. The largest absolute Gasteiger partial charge is 0.481 e. The van der Waals surface area contributed by atoms with Crippen molar-refractivity contribution in [1.29, 1.82) is 0 Å². The Hall–Kier alpha value is -1.84. The number of rotatable bonds is 3. The standard InChI is InChI=1S/C16H19NO3/c1-10-8-17(9-14(10)16(19)20)15(18)13-7-12(13)11-5-3-2-4-6-11/h2-6,10,12-14H,7-9H2,1H3,(H,19,20)/t10-,12?,13?,14-/m1/s1. The van der Waals surface area contributed by atoms with E-state index in [2.05, 4.69) is 12.1 Å². The first-order chi connectivity index (χ1) is 9.58. The number of likely N-dealkylation sites (tertiary alicyclic amines) is 1. The molecule has 3 rings (SSSR count). The molecule has 0 bridgehead atoms. The summed E-state index contributed by atoms with van der Waals surface area (Å²) >= 11 is 0. The lowest BCUT2D eigenvalue weighted by Gasteiger charge is -2.15. The maximum atomic E-state index is 12.4. The van der Waals surface area contributed by atoms with Crippen molar-refractivity contribution in [2.75, 3.05) is 13.1 Å². The van der Waals surface area contributed by atoms with Crippen LogP contribution >= 0.6 is 0 Å². The summed E-state index contributed by atoms with van der Waals surface area (Å²) < 4.78 is 0. The van der Waals surface area contributed by atoms with Crippen molar-refractivity contribution in [1.82, 2.24) is 4.90 Å². The normalized spacial score (nSPS) is 32.1. The highest BCUT2D eigenvalue weighted by Crippen LogP contribution is 2.49. The minimum Gasteiger partial charge on any atom is -0.481 e. The number of nitrogens with zero attached hydrogens (tertiary/aromatic N) is 1. The predicted octanol–water partition coefficient (Wildman–Crippen LogP) is 1.97. The second-order valence-corrected chi connectivity index (χ2v) is 6.02. The highest BCUT2D eigenvalue weighted by Gasteiger charge is 2.48. The molecule has 2 aliphatic rings. The van der Waals surface area contributed by atoms with E-state index < -0.39 is 11.9 Å². The van der Waals surface area contributed by atoms with Crippen LogP contribution in [-0.2, 0) is 9.59 Å². The monoisotopic (exact) mass is 273 g/mol. The van der Waals surface area contributed by atoms with E-state index in [0.29, 0.717) is 19.0 Å². The van der Waals surface area contributed by atoms with Crippen LogP contribution in [0.15, 0.2) is 30.3 Å². The summed E-state index contributed by atoms with van der Waals surface area (Å²) in [5.41, 5.74) is 1.22. The van der Waals surface area contributed by atoms with Crippen LogP contribution in [0.25, 0.3) is 0 Å². The summed E-state index contributed by atoms with van der Waals surface area (Å²) in [5, 5.41) is 9.13. The highest BCUT2D eigenvalue weighted by atomic mass is 16.4. The van der Waals surface area contributed by atoms with Crippen molar-refractivity contribution in [2.45, 2.75) is 19.3 Å². The molecule has 4 atom stereocenters. The molecule has 106 valence electrons. The third kappa shape index (κ3) is 2.30. The van der Waals surface area contributed by atoms with Crippen LogP contribution in [0.5, 0.6) is 0 Å². The lowest BCUT2D eigenvalue weighted by atomic mass is 9.99. The molecule has 1 aromatic rings. The second-order valence-electron chi connectivity index (χ2n) is 6.02. The van der Waals surface area contributed by atoms with Gasteiger partial charge in [-0.1, -0.05) is 37.3 Å². The van der Waals surface area contributed by atoms with Gasteiger partial charge in [-0.25, -0.2) is 0 Å². The Balaban J connectivity index is 1.63. The minimum absolute atomic E-state index is 0.0466. The molecule has 0 radical (unpaired) electrons. The number of carboxylic acid groups (broad SMARTS) is 1. The Bertz CT molecular complexity index is 528.